The number of rotatable bonds is 8. The van der Waals surface area contributed by atoms with Gasteiger partial charge in [0.2, 0.25) is 0 Å². The second-order valence-corrected chi connectivity index (χ2v) is 4.31. The predicted octanol–water partition coefficient (Wildman–Crippen LogP) is 2.64. The minimum Gasteiger partial charge on any atom is -0.493 e. The first kappa shape index (κ1) is 14.0. The zero-order chi connectivity index (χ0) is 12.5. The number of unbranched alkanes of at least 4 members (excludes halogenated alkanes) is 3. The Morgan fingerprint density at radius 3 is 2.59 bits per heavy atom. The van der Waals surface area contributed by atoms with Crippen molar-refractivity contribution in [2.75, 3.05) is 13.2 Å². The Kier molecular flexibility index (Phi) is 6.67. The number of para-hydroxylation sites is 1. The van der Waals surface area contributed by atoms with E-state index in [9.17, 15) is 0 Å². The molecule has 0 aliphatic carbocycles. The van der Waals surface area contributed by atoms with Crippen molar-refractivity contribution in [2.24, 2.45) is 5.73 Å². The van der Waals surface area contributed by atoms with Gasteiger partial charge in [-0.15, -0.1) is 0 Å². The van der Waals surface area contributed by atoms with Crippen LogP contribution in [0.4, 0.5) is 0 Å². The molecule has 0 saturated carbocycles. The Balaban J connectivity index is 2.31. The van der Waals surface area contributed by atoms with Gasteiger partial charge in [0.05, 0.1) is 6.61 Å². The van der Waals surface area contributed by atoms with E-state index in [0.29, 0.717) is 0 Å². The first-order valence-corrected chi connectivity index (χ1v) is 6.34. The summed E-state index contributed by atoms with van der Waals surface area (Å²) in [5, 5.41) is 8.65. The lowest BCUT2D eigenvalue weighted by Crippen LogP contribution is -2.08. The second-order valence-electron chi connectivity index (χ2n) is 4.31. The fourth-order valence-corrected chi connectivity index (χ4v) is 1.74. The molecule has 0 heterocycles. The van der Waals surface area contributed by atoms with Crippen LogP contribution in [-0.4, -0.2) is 18.3 Å². The van der Waals surface area contributed by atoms with Crippen LogP contribution in [0.2, 0.25) is 0 Å². The molecule has 1 aromatic carbocycles. The number of aliphatic hydroxyl groups is 1. The minimum absolute atomic E-state index is 0.000545. The highest BCUT2D eigenvalue weighted by Gasteiger charge is 2.06. The number of hydrogen-bond acceptors (Lipinski definition) is 3. The molecule has 1 unspecified atom stereocenters. The Bertz CT molecular complexity index is 313. The molecule has 3 nitrogen and oxygen atoms in total. The Labute approximate surface area is 104 Å². The van der Waals surface area contributed by atoms with Crippen LogP contribution in [0.25, 0.3) is 0 Å². The standard InChI is InChI=1S/C14H23NO2/c1-12(15)13-8-4-5-9-14(13)17-11-7-3-2-6-10-16/h4-5,8-9,12,16H,2-3,6-7,10-11,15H2,1H3. The molecule has 3 N–H and O–H groups in total. The van der Waals surface area contributed by atoms with Gasteiger partial charge in [0.25, 0.3) is 0 Å². The van der Waals surface area contributed by atoms with E-state index in [2.05, 4.69) is 0 Å². The third kappa shape index (κ3) is 5.20. The smallest absolute Gasteiger partial charge is 0.124 e. The van der Waals surface area contributed by atoms with E-state index in [0.717, 1.165) is 43.6 Å². The molecule has 0 saturated heterocycles. The van der Waals surface area contributed by atoms with Gasteiger partial charge >= 0.3 is 0 Å². The Hall–Kier alpha value is -1.06. The van der Waals surface area contributed by atoms with Crippen molar-refractivity contribution in [3.05, 3.63) is 29.8 Å². The van der Waals surface area contributed by atoms with Gasteiger partial charge in [0.1, 0.15) is 5.75 Å². The summed E-state index contributed by atoms with van der Waals surface area (Å²) in [6, 6.07) is 7.92. The van der Waals surface area contributed by atoms with Crippen LogP contribution in [0.15, 0.2) is 24.3 Å². The van der Waals surface area contributed by atoms with Gasteiger partial charge in [-0.3, -0.25) is 0 Å². The lowest BCUT2D eigenvalue weighted by atomic mass is 10.1. The fourth-order valence-electron chi connectivity index (χ4n) is 1.74. The predicted molar refractivity (Wildman–Crippen MR) is 70.1 cm³/mol. The average molecular weight is 237 g/mol. The topological polar surface area (TPSA) is 55.5 Å². The van der Waals surface area contributed by atoms with Crippen LogP contribution in [0.3, 0.4) is 0 Å². The summed E-state index contributed by atoms with van der Waals surface area (Å²) in [5.74, 6) is 0.893. The zero-order valence-corrected chi connectivity index (χ0v) is 10.6. The SMILES string of the molecule is CC(N)c1ccccc1OCCCCCCO. The summed E-state index contributed by atoms with van der Waals surface area (Å²) in [6.45, 7) is 2.97. The van der Waals surface area contributed by atoms with E-state index in [1.807, 2.05) is 31.2 Å². The molecule has 17 heavy (non-hydrogen) atoms. The highest BCUT2D eigenvalue weighted by atomic mass is 16.5. The Morgan fingerprint density at radius 2 is 1.88 bits per heavy atom. The highest BCUT2D eigenvalue weighted by Crippen LogP contribution is 2.23. The van der Waals surface area contributed by atoms with E-state index >= 15 is 0 Å². The molecule has 1 aromatic rings. The van der Waals surface area contributed by atoms with Gasteiger partial charge in [-0.05, 0) is 32.3 Å². The van der Waals surface area contributed by atoms with Crippen LogP contribution in [0, 0.1) is 0 Å². The van der Waals surface area contributed by atoms with Crippen molar-refractivity contribution >= 4 is 0 Å². The van der Waals surface area contributed by atoms with Gasteiger partial charge < -0.3 is 15.6 Å². The summed E-state index contributed by atoms with van der Waals surface area (Å²) in [6.07, 6.45) is 4.07. The molecule has 0 aliphatic heterocycles. The summed E-state index contributed by atoms with van der Waals surface area (Å²) in [7, 11) is 0. The van der Waals surface area contributed by atoms with E-state index in [4.69, 9.17) is 15.6 Å². The average Bonchev–Trinajstić information content (AvgIpc) is 2.34. The monoisotopic (exact) mass is 237 g/mol. The third-order valence-corrected chi connectivity index (χ3v) is 2.72. The first-order valence-electron chi connectivity index (χ1n) is 6.34. The molecule has 1 atom stereocenters. The molecule has 0 aromatic heterocycles. The van der Waals surface area contributed by atoms with Gasteiger partial charge in [0.15, 0.2) is 0 Å². The van der Waals surface area contributed by atoms with Gasteiger partial charge in [0, 0.05) is 18.2 Å². The van der Waals surface area contributed by atoms with Crippen molar-refractivity contribution in [1.29, 1.82) is 0 Å². The molecule has 96 valence electrons. The van der Waals surface area contributed by atoms with Crippen molar-refractivity contribution in [3.63, 3.8) is 0 Å². The molecule has 0 spiro atoms. The molecular formula is C14H23NO2. The molecule has 0 bridgehead atoms. The maximum absolute atomic E-state index is 8.65. The van der Waals surface area contributed by atoms with E-state index in [-0.39, 0.29) is 12.6 Å². The van der Waals surface area contributed by atoms with E-state index in [1.54, 1.807) is 0 Å². The fraction of sp³-hybridized carbons (Fsp3) is 0.571. The number of ether oxygens (including phenoxy) is 1. The van der Waals surface area contributed by atoms with Crippen molar-refractivity contribution in [1.82, 2.24) is 0 Å². The van der Waals surface area contributed by atoms with Gasteiger partial charge in [-0.25, -0.2) is 0 Å². The lowest BCUT2D eigenvalue weighted by molar-refractivity contribution is 0.272. The molecule has 1 rings (SSSR count). The maximum Gasteiger partial charge on any atom is 0.124 e. The summed E-state index contributed by atoms with van der Waals surface area (Å²) >= 11 is 0. The highest BCUT2D eigenvalue weighted by molar-refractivity contribution is 5.35. The van der Waals surface area contributed by atoms with Crippen molar-refractivity contribution in [3.8, 4) is 5.75 Å². The summed E-state index contributed by atoms with van der Waals surface area (Å²) in [5.41, 5.74) is 6.93. The number of aliphatic hydroxyl groups excluding tert-OH is 1. The first-order chi connectivity index (χ1) is 8.25. The van der Waals surface area contributed by atoms with Crippen LogP contribution in [0.5, 0.6) is 5.75 Å². The van der Waals surface area contributed by atoms with Crippen molar-refractivity contribution in [2.45, 2.75) is 38.6 Å². The quantitative estimate of drug-likeness (QED) is 0.683. The maximum atomic E-state index is 8.65. The van der Waals surface area contributed by atoms with Crippen LogP contribution in [0.1, 0.15) is 44.2 Å². The van der Waals surface area contributed by atoms with E-state index in [1.165, 1.54) is 0 Å². The summed E-state index contributed by atoms with van der Waals surface area (Å²) in [4.78, 5) is 0. The summed E-state index contributed by atoms with van der Waals surface area (Å²) < 4.78 is 5.74. The zero-order valence-electron chi connectivity index (χ0n) is 10.6. The minimum atomic E-state index is 0.000545. The number of benzene rings is 1. The molecule has 0 radical (unpaired) electrons. The van der Waals surface area contributed by atoms with Crippen molar-refractivity contribution < 1.29 is 9.84 Å². The molecular weight excluding hydrogens is 214 g/mol. The van der Waals surface area contributed by atoms with Crippen LogP contribution < -0.4 is 10.5 Å². The van der Waals surface area contributed by atoms with Crippen LogP contribution in [-0.2, 0) is 0 Å². The largest absolute Gasteiger partial charge is 0.493 e. The Morgan fingerprint density at radius 1 is 1.18 bits per heavy atom. The molecule has 0 amide bonds. The molecule has 0 aliphatic rings. The third-order valence-electron chi connectivity index (χ3n) is 2.72. The van der Waals surface area contributed by atoms with Gasteiger partial charge in [-0.1, -0.05) is 24.6 Å². The van der Waals surface area contributed by atoms with E-state index < -0.39 is 0 Å². The number of hydrogen-bond donors (Lipinski definition) is 2. The molecule has 0 fully saturated rings. The lowest BCUT2D eigenvalue weighted by Gasteiger charge is -2.13. The second kappa shape index (κ2) is 8.09. The van der Waals surface area contributed by atoms with Gasteiger partial charge in [-0.2, -0.15) is 0 Å². The number of nitrogens with two attached hydrogens (primary N) is 1. The normalized spacial score (nSPS) is 12.4. The van der Waals surface area contributed by atoms with Crippen LogP contribution >= 0.6 is 0 Å². The molecule has 3 heteroatoms.